The summed E-state index contributed by atoms with van der Waals surface area (Å²) in [5.41, 5.74) is 3.65. The Morgan fingerprint density at radius 1 is 1.26 bits per heavy atom. The number of benzene rings is 1. The van der Waals surface area contributed by atoms with Gasteiger partial charge in [-0.15, -0.1) is 11.7 Å². The first-order valence-corrected chi connectivity index (χ1v) is 7.27. The molecule has 3 rings (SSSR count). The van der Waals surface area contributed by atoms with E-state index in [2.05, 4.69) is 21.8 Å². The zero-order valence-electron chi connectivity index (χ0n) is 12.8. The number of rotatable bonds is 4. The predicted molar refractivity (Wildman–Crippen MR) is 92.0 cm³/mol. The molecule has 114 valence electrons. The van der Waals surface area contributed by atoms with Gasteiger partial charge in [-0.25, -0.2) is 0 Å². The van der Waals surface area contributed by atoms with Gasteiger partial charge in [0, 0.05) is 30.1 Å². The molecule has 0 radical (unpaired) electrons. The summed E-state index contributed by atoms with van der Waals surface area (Å²) in [6.07, 6.45) is 5.09. The summed E-state index contributed by atoms with van der Waals surface area (Å²) in [5.74, 6) is -0.155. The van der Waals surface area contributed by atoms with Crippen LogP contribution in [0.1, 0.15) is 18.1 Å². The Morgan fingerprint density at radius 3 is 2.74 bits per heavy atom. The molecule has 1 aromatic carbocycles. The molecule has 0 aliphatic carbocycles. The van der Waals surface area contributed by atoms with Gasteiger partial charge in [-0.1, -0.05) is 24.3 Å². The molecule has 2 heterocycles. The van der Waals surface area contributed by atoms with Crippen LogP contribution in [-0.4, -0.2) is 28.9 Å². The van der Waals surface area contributed by atoms with Crippen molar-refractivity contribution in [3.63, 3.8) is 0 Å². The van der Waals surface area contributed by atoms with Gasteiger partial charge >= 0.3 is 0 Å². The summed E-state index contributed by atoms with van der Waals surface area (Å²) >= 11 is 0. The van der Waals surface area contributed by atoms with E-state index in [1.807, 2.05) is 43.3 Å². The van der Waals surface area contributed by atoms with Crippen molar-refractivity contribution in [3.8, 4) is 0 Å². The Kier molecular flexibility index (Phi) is 4.10. The molecule has 1 amide bonds. The van der Waals surface area contributed by atoms with Crippen LogP contribution in [0.2, 0.25) is 0 Å². The highest BCUT2D eigenvalue weighted by Gasteiger charge is 2.33. The maximum Gasteiger partial charge on any atom is 0.279 e. The minimum Gasteiger partial charge on any atom is -0.302 e. The van der Waals surface area contributed by atoms with Crippen LogP contribution in [0.4, 0.5) is 5.69 Å². The van der Waals surface area contributed by atoms with E-state index < -0.39 is 0 Å². The molecule has 1 aromatic heterocycles. The average Bonchev–Trinajstić information content (AvgIpc) is 2.86. The number of amides is 1. The average molecular weight is 304 g/mol. The van der Waals surface area contributed by atoms with Gasteiger partial charge in [0.2, 0.25) is 0 Å². The molecule has 5 heteroatoms. The third kappa shape index (κ3) is 2.81. The SMILES string of the molecule is C=CCN1C(=O)/C(=N\N=C(\C)c2ccncc2)c2ccccc21. The lowest BCUT2D eigenvalue weighted by atomic mass is 10.1. The van der Waals surface area contributed by atoms with E-state index in [0.29, 0.717) is 12.3 Å². The van der Waals surface area contributed by atoms with Crippen molar-refractivity contribution < 1.29 is 4.79 Å². The van der Waals surface area contributed by atoms with Crippen LogP contribution in [0.25, 0.3) is 0 Å². The fourth-order valence-corrected chi connectivity index (χ4v) is 2.44. The predicted octanol–water partition coefficient (Wildman–Crippen LogP) is 2.83. The number of anilines is 1. The molecule has 0 N–H and O–H groups in total. The van der Waals surface area contributed by atoms with Crippen LogP contribution in [0, 0.1) is 0 Å². The molecule has 0 saturated heterocycles. The molecule has 1 aliphatic rings. The quantitative estimate of drug-likeness (QED) is 0.495. The van der Waals surface area contributed by atoms with Crippen molar-refractivity contribution in [2.45, 2.75) is 6.92 Å². The monoisotopic (exact) mass is 304 g/mol. The zero-order valence-corrected chi connectivity index (χ0v) is 12.8. The van der Waals surface area contributed by atoms with Crippen LogP contribution in [0.15, 0.2) is 71.6 Å². The summed E-state index contributed by atoms with van der Waals surface area (Å²) in [6, 6.07) is 11.3. The number of hydrogen-bond acceptors (Lipinski definition) is 4. The van der Waals surface area contributed by atoms with Crippen molar-refractivity contribution in [2.75, 3.05) is 11.4 Å². The molecule has 23 heavy (non-hydrogen) atoms. The first kappa shape index (κ1) is 14.8. The number of aromatic nitrogens is 1. The number of hydrogen-bond donors (Lipinski definition) is 0. The van der Waals surface area contributed by atoms with Gasteiger partial charge in [-0.05, 0) is 25.1 Å². The summed E-state index contributed by atoms with van der Waals surface area (Å²) in [7, 11) is 0. The first-order chi connectivity index (χ1) is 11.2. The highest BCUT2D eigenvalue weighted by Crippen LogP contribution is 2.29. The van der Waals surface area contributed by atoms with Crippen molar-refractivity contribution in [1.82, 2.24) is 4.98 Å². The molecule has 5 nitrogen and oxygen atoms in total. The van der Waals surface area contributed by atoms with Crippen molar-refractivity contribution in [1.29, 1.82) is 0 Å². The summed E-state index contributed by atoms with van der Waals surface area (Å²) in [4.78, 5) is 18.2. The maximum absolute atomic E-state index is 12.6. The summed E-state index contributed by atoms with van der Waals surface area (Å²) in [5, 5.41) is 8.44. The largest absolute Gasteiger partial charge is 0.302 e. The minimum absolute atomic E-state index is 0.155. The van der Waals surface area contributed by atoms with Gasteiger partial charge in [0.25, 0.3) is 5.91 Å². The number of fused-ring (bicyclic) bond motifs is 1. The zero-order chi connectivity index (χ0) is 16.2. The van der Waals surface area contributed by atoms with Gasteiger partial charge < -0.3 is 4.90 Å². The fraction of sp³-hybridized carbons (Fsp3) is 0.111. The molecule has 0 bridgehead atoms. The van der Waals surface area contributed by atoms with E-state index in [4.69, 9.17) is 0 Å². The topological polar surface area (TPSA) is 57.9 Å². The number of carbonyl (C=O) groups excluding carboxylic acids is 1. The highest BCUT2D eigenvalue weighted by atomic mass is 16.2. The third-order valence-corrected chi connectivity index (χ3v) is 3.61. The molecule has 0 spiro atoms. The standard InChI is InChI=1S/C18H16N4O/c1-3-12-22-16-7-5-4-6-15(16)17(18(22)23)21-20-13(2)14-8-10-19-11-9-14/h3-11H,1,12H2,2H3/b20-13-,21-17-. The van der Waals surface area contributed by atoms with E-state index in [1.165, 1.54) is 0 Å². The third-order valence-electron chi connectivity index (χ3n) is 3.61. The first-order valence-electron chi connectivity index (χ1n) is 7.27. The lowest BCUT2D eigenvalue weighted by Crippen LogP contribution is -2.30. The number of nitrogens with zero attached hydrogens (tertiary/aromatic N) is 4. The Hall–Kier alpha value is -3.08. The van der Waals surface area contributed by atoms with E-state index >= 15 is 0 Å². The lowest BCUT2D eigenvalue weighted by molar-refractivity contribution is -0.112. The number of pyridine rings is 1. The van der Waals surface area contributed by atoms with Crippen molar-refractivity contribution >= 4 is 23.0 Å². The molecule has 2 aromatic rings. The summed E-state index contributed by atoms with van der Waals surface area (Å²) in [6.45, 7) is 6.00. The van der Waals surface area contributed by atoms with Gasteiger partial charge in [0.1, 0.15) is 0 Å². The maximum atomic E-state index is 12.6. The number of para-hydroxylation sites is 1. The second-order valence-electron chi connectivity index (χ2n) is 5.09. The van der Waals surface area contributed by atoms with Gasteiger partial charge in [-0.3, -0.25) is 9.78 Å². The molecule has 0 fully saturated rings. The van der Waals surface area contributed by atoms with Crippen LogP contribution in [-0.2, 0) is 4.79 Å². The Labute approximate surface area is 134 Å². The second-order valence-corrected chi connectivity index (χ2v) is 5.09. The van der Waals surface area contributed by atoms with E-state index in [9.17, 15) is 4.79 Å². The van der Waals surface area contributed by atoms with Crippen LogP contribution < -0.4 is 4.90 Å². The van der Waals surface area contributed by atoms with E-state index in [-0.39, 0.29) is 5.91 Å². The Balaban J connectivity index is 1.99. The van der Waals surface area contributed by atoms with Crippen LogP contribution in [0.5, 0.6) is 0 Å². The van der Waals surface area contributed by atoms with Crippen LogP contribution >= 0.6 is 0 Å². The molecule has 1 aliphatic heterocycles. The lowest BCUT2D eigenvalue weighted by Gasteiger charge is -2.13. The molecule has 0 unspecified atom stereocenters. The Bertz CT molecular complexity index is 809. The molecular weight excluding hydrogens is 288 g/mol. The molecule has 0 saturated carbocycles. The second kappa shape index (κ2) is 6.36. The smallest absolute Gasteiger partial charge is 0.279 e. The Morgan fingerprint density at radius 2 is 2.00 bits per heavy atom. The van der Waals surface area contributed by atoms with E-state index in [1.54, 1.807) is 23.4 Å². The van der Waals surface area contributed by atoms with Crippen LogP contribution in [0.3, 0.4) is 0 Å². The number of carbonyl (C=O) groups is 1. The van der Waals surface area contributed by atoms with Gasteiger partial charge in [-0.2, -0.15) is 5.10 Å². The van der Waals surface area contributed by atoms with Crippen molar-refractivity contribution in [3.05, 3.63) is 72.6 Å². The van der Waals surface area contributed by atoms with E-state index in [0.717, 1.165) is 22.5 Å². The fourth-order valence-electron chi connectivity index (χ4n) is 2.44. The van der Waals surface area contributed by atoms with Gasteiger partial charge in [0.15, 0.2) is 5.71 Å². The van der Waals surface area contributed by atoms with Gasteiger partial charge in [0.05, 0.1) is 11.4 Å². The minimum atomic E-state index is -0.155. The molecule has 0 atom stereocenters. The highest BCUT2D eigenvalue weighted by molar-refractivity contribution is 6.54. The van der Waals surface area contributed by atoms with Crippen molar-refractivity contribution in [2.24, 2.45) is 10.2 Å². The summed E-state index contributed by atoms with van der Waals surface area (Å²) < 4.78 is 0. The molecular formula is C18H16N4O. The normalized spacial score (nSPS) is 15.9.